The molecule has 2 aromatic rings. The third-order valence-corrected chi connectivity index (χ3v) is 4.08. The van der Waals surface area contributed by atoms with Gasteiger partial charge in [-0.1, -0.05) is 30.8 Å². The second-order valence-corrected chi connectivity index (χ2v) is 6.66. The molecule has 2 rings (SSSR count). The van der Waals surface area contributed by atoms with Gasteiger partial charge >= 0.3 is 18.1 Å². The summed E-state index contributed by atoms with van der Waals surface area (Å²) in [7, 11) is 0. The SMILES string of the molecule is C=CC(=O)Oc1cccc(CCOC(=O)/C=C/c2ccc(OCCCC(F)(F)F)cc2)c1. The highest BCUT2D eigenvalue weighted by Gasteiger charge is 2.26. The van der Waals surface area contributed by atoms with Crippen molar-refractivity contribution in [3.8, 4) is 11.5 Å². The van der Waals surface area contributed by atoms with E-state index in [0.29, 0.717) is 23.5 Å². The van der Waals surface area contributed by atoms with Crippen LogP contribution in [0.1, 0.15) is 24.0 Å². The van der Waals surface area contributed by atoms with Crippen LogP contribution in [0, 0.1) is 0 Å². The largest absolute Gasteiger partial charge is 0.494 e. The minimum Gasteiger partial charge on any atom is -0.494 e. The molecule has 0 unspecified atom stereocenters. The van der Waals surface area contributed by atoms with Crippen LogP contribution in [-0.4, -0.2) is 31.3 Å². The Morgan fingerprint density at radius 3 is 2.41 bits per heavy atom. The number of rotatable bonds is 11. The van der Waals surface area contributed by atoms with E-state index in [1.165, 1.54) is 6.08 Å². The molecule has 32 heavy (non-hydrogen) atoms. The van der Waals surface area contributed by atoms with Crippen molar-refractivity contribution in [1.82, 2.24) is 0 Å². The Balaban J connectivity index is 1.72. The number of alkyl halides is 3. The number of benzene rings is 2. The molecule has 0 spiro atoms. The second kappa shape index (κ2) is 12.3. The molecular formula is C24H23F3O5. The molecule has 8 heteroatoms. The summed E-state index contributed by atoms with van der Waals surface area (Å²) >= 11 is 0. The Labute approximate surface area is 184 Å². The van der Waals surface area contributed by atoms with Gasteiger partial charge in [0.2, 0.25) is 0 Å². The number of carbonyl (C=O) groups excluding carboxylic acids is 2. The lowest BCUT2D eigenvalue weighted by atomic mass is 10.1. The molecule has 0 bridgehead atoms. The number of esters is 2. The van der Waals surface area contributed by atoms with Gasteiger partial charge in [-0.25, -0.2) is 9.59 Å². The average molecular weight is 448 g/mol. The van der Waals surface area contributed by atoms with Crippen LogP contribution in [-0.2, 0) is 20.7 Å². The van der Waals surface area contributed by atoms with Crippen LogP contribution in [0.3, 0.4) is 0 Å². The molecular weight excluding hydrogens is 425 g/mol. The van der Waals surface area contributed by atoms with Crippen molar-refractivity contribution in [3.63, 3.8) is 0 Å². The summed E-state index contributed by atoms with van der Waals surface area (Å²) in [5.74, 6) is -0.245. The van der Waals surface area contributed by atoms with Crippen molar-refractivity contribution in [1.29, 1.82) is 0 Å². The van der Waals surface area contributed by atoms with Gasteiger partial charge in [-0.15, -0.1) is 0 Å². The maximum atomic E-state index is 12.1. The van der Waals surface area contributed by atoms with E-state index < -0.39 is 24.5 Å². The molecule has 0 atom stereocenters. The van der Waals surface area contributed by atoms with Crippen LogP contribution < -0.4 is 9.47 Å². The predicted molar refractivity (Wildman–Crippen MR) is 113 cm³/mol. The standard InChI is InChI=1S/C24H23F3O5/c1-2-22(28)32-21-6-3-5-19(17-21)13-16-31-23(29)12-9-18-7-10-20(11-8-18)30-15-4-14-24(25,26)27/h2-3,5-12,17H,1,4,13-16H2/b12-9+. The first kappa shape index (κ1) is 24.7. The lowest BCUT2D eigenvalue weighted by Gasteiger charge is -2.08. The van der Waals surface area contributed by atoms with E-state index in [1.807, 2.05) is 6.07 Å². The smallest absolute Gasteiger partial charge is 0.389 e. The van der Waals surface area contributed by atoms with Gasteiger partial charge in [0.25, 0.3) is 0 Å². The van der Waals surface area contributed by atoms with Crippen molar-refractivity contribution < 1.29 is 37.0 Å². The van der Waals surface area contributed by atoms with Gasteiger partial charge in [-0.3, -0.25) is 0 Å². The molecule has 0 aliphatic rings. The molecule has 0 saturated carbocycles. The zero-order chi connectivity index (χ0) is 23.4. The van der Waals surface area contributed by atoms with Crippen molar-refractivity contribution in [2.75, 3.05) is 13.2 Å². The summed E-state index contributed by atoms with van der Waals surface area (Å²) in [6.07, 6.45) is -0.825. The zero-order valence-electron chi connectivity index (χ0n) is 17.3. The highest BCUT2D eigenvalue weighted by molar-refractivity contribution is 5.87. The number of hydrogen-bond acceptors (Lipinski definition) is 5. The van der Waals surface area contributed by atoms with Crippen LogP contribution in [0.15, 0.2) is 67.3 Å². The number of halogens is 3. The summed E-state index contributed by atoms with van der Waals surface area (Å²) in [5, 5.41) is 0. The highest BCUT2D eigenvalue weighted by Crippen LogP contribution is 2.22. The van der Waals surface area contributed by atoms with Crippen molar-refractivity contribution in [3.05, 3.63) is 78.4 Å². The van der Waals surface area contributed by atoms with E-state index in [2.05, 4.69) is 6.58 Å². The average Bonchev–Trinajstić information content (AvgIpc) is 2.75. The van der Waals surface area contributed by atoms with E-state index in [-0.39, 0.29) is 19.6 Å². The summed E-state index contributed by atoms with van der Waals surface area (Å²) in [6.45, 7) is 3.45. The Morgan fingerprint density at radius 1 is 0.969 bits per heavy atom. The van der Waals surface area contributed by atoms with Crippen LogP contribution in [0.5, 0.6) is 11.5 Å². The van der Waals surface area contributed by atoms with Gasteiger partial charge in [0, 0.05) is 25.0 Å². The van der Waals surface area contributed by atoms with Gasteiger partial charge in [0.15, 0.2) is 0 Å². The maximum Gasteiger partial charge on any atom is 0.389 e. The predicted octanol–water partition coefficient (Wildman–Crippen LogP) is 5.30. The van der Waals surface area contributed by atoms with Crippen LogP contribution in [0.2, 0.25) is 0 Å². The van der Waals surface area contributed by atoms with Gasteiger partial charge in [0.1, 0.15) is 11.5 Å². The Bertz CT molecular complexity index is 933. The fourth-order valence-corrected chi connectivity index (χ4v) is 2.54. The van der Waals surface area contributed by atoms with E-state index >= 15 is 0 Å². The third-order valence-electron chi connectivity index (χ3n) is 4.08. The summed E-state index contributed by atoms with van der Waals surface area (Å²) in [6, 6.07) is 13.5. The number of carbonyl (C=O) groups is 2. The van der Waals surface area contributed by atoms with Crippen LogP contribution in [0.25, 0.3) is 6.08 Å². The topological polar surface area (TPSA) is 61.8 Å². The van der Waals surface area contributed by atoms with Gasteiger partial charge in [-0.05, 0) is 47.9 Å². The fraction of sp³-hybridized carbons (Fsp3) is 0.250. The molecule has 0 fully saturated rings. The maximum absolute atomic E-state index is 12.1. The molecule has 0 saturated heterocycles. The Morgan fingerprint density at radius 2 is 1.72 bits per heavy atom. The molecule has 5 nitrogen and oxygen atoms in total. The lowest BCUT2D eigenvalue weighted by molar-refractivity contribution is -0.138. The molecule has 0 aromatic heterocycles. The minimum atomic E-state index is -4.18. The van der Waals surface area contributed by atoms with Crippen LogP contribution >= 0.6 is 0 Å². The summed E-state index contributed by atoms with van der Waals surface area (Å²) in [5.41, 5.74) is 1.54. The van der Waals surface area contributed by atoms with E-state index in [9.17, 15) is 22.8 Å². The van der Waals surface area contributed by atoms with Crippen LogP contribution in [0.4, 0.5) is 13.2 Å². The van der Waals surface area contributed by atoms with E-state index in [1.54, 1.807) is 48.5 Å². The first-order valence-electron chi connectivity index (χ1n) is 9.83. The quantitative estimate of drug-likeness (QED) is 0.202. The molecule has 0 heterocycles. The summed E-state index contributed by atoms with van der Waals surface area (Å²) in [4.78, 5) is 23.1. The highest BCUT2D eigenvalue weighted by atomic mass is 19.4. The van der Waals surface area contributed by atoms with Gasteiger partial charge in [-0.2, -0.15) is 13.2 Å². The molecule has 2 aromatic carbocycles. The van der Waals surface area contributed by atoms with Crippen molar-refractivity contribution >= 4 is 18.0 Å². The normalized spacial score (nSPS) is 11.2. The molecule has 0 radical (unpaired) electrons. The van der Waals surface area contributed by atoms with E-state index in [0.717, 1.165) is 11.6 Å². The third kappa shape index (κ3) is 9.97. The molecule has 0 aliphatic heterocycles. The summed E-state index contributed by atoms with van der Waals surface area (Å²) < 4.78 is 51.8. The zero-order valence-corrected chi connectivity index (χ0v) is 17.3. The lowest BCUT2D eigenvalue weighted by Crippen LogP contribution is -2.09. The molecule has 0 aliphatic carbocycles. The van der Waals surface area contributed by atoms with E-state index in [4.69, 9.17) is 14.2 Å². The van der Waals surface area contributed by atoms with Gasteiger partial charge < -0.3 is 14.2 Å². The number of ether oxygens (including phenoxy) is 3. The minimum absolute atomic E-state index is 0.0272. The Hall–Kier alpha value is -3.55. The van der Waals surface area contributed by atoms with Crippen molar-refractivity contribution in [2.45, 2.75) is 25.4 Å². The van der Waals surface area contributed by atoms with Gasteiger partial charge in [0.05, 0.1) is 13.2 Å². The fourth-order valence-electron chi connectivity index (χ4n) is 2.54. The number of hydrogen-bond donors (Lipinski definition) is 0. The van der Waals surface area contributed by atoms with Crippen molar-refractivity contribution in [2.24, 2.45) is 0 Å². The first-order chi connectivity index (χ1) is 15.2. The monoisotopic (exact) mass is 448 g/mol. The first-order valence-corrected chi connectivity index (χ1v) is 9.83. The molecule has 0 N–H and O–H groups in total. The molecule has 0 amide bonds. The Kier molecular flexibility index (Phi) is 9.53. The second-order valence-electron chi connectivity index (χ2n) is 6.66. The molecule has 170 valence electrons.